The van der Waals surface area contributed by atoms with Crippen molar-refractivity contribution in [1.82, 2.24) is 0 Å². The van der Waals surface area contributed by atoms with Gasteiger partial charge in [-0.25, -0.2) is 9.38 Å². The van der Waals surface area contributed by atoms with Gasteiger partial charge in [0, 0.05) is 6.20 Å². The number of aryl methyl sites for hydroxylation is 1. The third kappa shape index (κ3) is 3.10. The van der Waals surface area contributed by atoms with Gasteiger partial charge in [0.25, 0.3) is 0 Å². The van der Waals surface area contributed by atoms with Crippen LogP contribution in [0.15, 0.2) is 41.6 Å². The number of hydrogen-bond donors (Lipinski definition) is 1. The first-order valence-electron chi connectivity index (χ1n) is 6.45. The van der Waals surface area contributed by atoms with E-state index in [4.69, 9.17) is 11.6 Å². The normalized spacial score (nSPS) is 22.8. The molecule has 0 radical (unpaired) electrons. The molecule has 0 aliphatic heterocycles. The Kier molecular flexibility index (Phi) is 4.29. The Morgan fingerprint density at radius 1 is 1.55 bits per heavy atom. The van der Waals surface area contributed by atoms with E-state index in [1.54, 1.807) is 32.2 Å². The van der Waals surface area contributed by atoms with E-state index < -0.39 is 5.82 Å². The molecule has 2 atom stereocenters. The van der Waals surface area contributed by atoms with Crippen LogP contribution < -0.4 is 0 Å². The summed E-state index contributed by atoms with van der Waals surface area (Å²) in [5, 5.41) is 10.0. The zero-order valence-electron chi connectivity index (χ0n) is 11.5. The predicted molar refractivity (Wildman–Crippen MR) is 80.9 cm³/mol. The summed E-state index contributed by atoms with van der Waals surface area (Å²) in [4.78, 5) is 4.07. The Labute approximate surface area is 123 Å². The lowest BCUT2D eigenvalue weighted by Crippen LogP contribution is -1.91. The monoisotopic (exact) mass is 293 g/mol. The molecular formula is C16H17ClFNO. The Morgan fingerprint density at radius 2 is 2.25 bits per heavy atom. The number of nitrogens with zero attached hydrogens (tertiary/aromatic N) is 1. The zero-order valence-corrected chi connectivity index (χ0v) is 12.3. The van der Waals surface area contributed by atoms with Crippen LogP contribution in [0.2, 0.25) is 0 Å². The minimum Gasteiger partial charge on any atom is -0.505 e. The molecule has 1 saturated carbocycles. The molecule has 0 saturated heterocycles. The van der Waals surface area contributed by atoms with Gasteiger partial charge in [-0.05, 0) is 54.9 Å². The van der Waals surface area contributed by atoms with Crippen LogP contribution in [0.25, 0.3) is 0 Å². The summed E-state index contributed by atoms with van der Waals surface area (Å²) in [5.41, 5.74) is 2.42. The van der Waals surface area contributed by atoms with E-state index in [-0.39, 0.29) is 11.7 Å². The number of phenols is 1. The maximum absolute atomic E-state index is 13.4. The number of aromatic hydroxyl groups is 1. The van der Waals surface area contributed by atoms with Gasteiger partial charge in [0.15, 0.2) is 11.6 Å². The maximum Gasteiger partial charge on any atom is 0.167 e. The number of phenolic OH excluding ortho intramolecular Hbond substituents is 1. The van der Waals surface area contributed by atoms with Crippen LogP contribution in [0.4, 0.5) is 4.39 Å². The molecule has 1 aromatic rings. The number of halogens is 2. The summed E-state index contributed by atoms with van der Waals surface area (Å²) >= 11 is 5.71. The molecule has 0 heterocycles. The smallest absolute Gasteiger partial charge is 0.167 e. The Balaban J connectivity index is 2.21. The van der Waals surface area contributed by atoms with Crippen molar-refractivity contribution in [1.29, 1.82) is 0 Å². The number of aliphatic imine (C=N–C) groups is 1. The molecule has 2 nitrogen and oxygen atoms in total. The lowest BCUT2D eigenvalue weighted by molar-refractivity contribution is 0.429. The second-order valence-electron chi connectivity index (χ2n) is 5.08. The number of benzene rings is 1. The summed E-state index contributed by atoms with van der Waals surface area (Å²) in [6, 6.07) is 3.29. The first kappa shape index (κ1) is 14.8. The average Bonchev–Trinajstić information content (AvgIpc) is 3.16. The molecule has 0 amide bonds. The topological polar surface area (TPSA) is 32.6 Å². The fraction of sp³-hybridized carbons (Fsp3) is 0.312. The van der Waals surface area contributed by atoms with Crippen LogP contribution in [-0.2, 0) is 0 Å². The average molecular weight is 294 g/mol. The van der Waals surface area contributed by atoms with Gasteiger partial charge < -0.3 is 5.11 Å². The highest BCUT2D eigenvalue weighted by Gasteiger charge is 2.40. The quantitative estimate of drug-likeness (QED) is 0.635. The number of rotatable bonds is 4. The zero-order chi connectivity index (χ0) is 14.9. The summed E-state index contributed by atoms with van der Waals surface area (Å²) in [7, 11) is 0. The molecule has 0 aromatic heterocycles. The molecule has 106 valence electrons. The summed E-state index contributed by atoms with van der Waals surface area (Å²) in [6.07, 6.45) is 4.43. The van der Waals surface area contributed by atoms with Crippen LogP contribution in [0, 0.1) is 18.7 Å². The minimum absolute atomic E-state index is 0.273. The third-order valence-corrected chi connectivity index (χ3v) is 3.63. The van der Waals surface area contributed by atoms with Gasteiger partial charge in [0.05, 0.1) is 0 Å². The molecule has 0 spiro atoms. The molecule has 2 unspecified atom stereocenters. The molecule has 4 heteroatoms. The van der Waals surface area contributed by atoms with E-state index in [1.165, 1.54) is 6.07 Å². The molecule has 1 N–H and O–H groups in total. The summed E-state index contributed by atoms with van der Waals surface area (Å²) in [5.74, 6) is -0.260. The van der Waals surface area contributed by atoms with Gasteiger partial charge in [-0.1, -0.05) is 30.3 Å². The van der Waals surface area contributed by atoms with Gasteiger partial charge in [-0.2, -0.15) is 0 Å². The molecule has 2 rings (SSSR count). The molecule has 1 fully saturated rings. The fourth-order valence-electron chi connectivity index (χ4n) is 2.39. The highest BCUT2D eigenvalue weighted by molar-refractivity contribution is 6.64. The predicted octanol–water partition coefficient (Wildman–Crippen LogP) is 4.67. The molecule has 1 aliphatic carbocycles. The van der Waals surface area contributed by atoms with Crippen molar-refractivity contribution in [3.05, 3.63) is 53.5 Å². The van der Waals surface area contributed by atoms with Crippen LogP contribution in [-0.4, -0.2) is 10.3 Å². The van der Waals surface area contributed by atoms with Crippen LogP contribution in [0.5, 0.6) is 5.75 Å². The lowest BCUT2D eigenvalue weighted by atomic mass is 10.0. The van der Waals surface area contributed by atoms with Crippen molar-refractivity contribution in [2.24, 2.45) is 10.9 Å². The fourth-order valence-corrected chi connectivity index (χ4v) is 2.44. The maximum atomic E-state index is 13.4. The Bertz CT molecular complexity index is 579. The molecular weight excluding hydrogens is 277 g/mol. The van der Waals surface area contributed by atoms with E-state index in [9.17, 15) is 9.50 Å². The standard InChI is InChI=1S/C16H17ClFNO/c1-4-11(8-19-10(3)17)13-7-14(13)12-5-9(2)16(18)15(20)6-12/h4-6,8,13-14,20H,1,7H2,2-3H3/b11-8+,19-10?. The third-order valence-electron chi connectivity index (χ3n) is 3.53. The largest absolute Gasteiger partial charge is 0.505 e. The van der Waals surface area contributed by atoms with Crippen molar-refractivity contribution in [3.8, 4) is 5.75 Å². The van der Waals surface area contributed by atoms with Gasteiger partial charge in [0.2, 0.25) is 0 Å². The number of allylic oxidation sites excluding steroid dienone is 2. The van der Waals surface area contributed by atoms with E-state index in [0.29, 0.717) is 16.7 Å². The van der Waals surface area contributed by atoms with Gasteiger partial charge in [0.1, 0.15) is 5.17 Å². The van der Waals surface area contributed by atoms with Crippen molar-refractivity contribution in [2.75, 3.05) is 0 Å². The first-order valence-corrected chi connectivity index (χ1v) is 6.83. The molecule has 0 bridgehead atoms. The van der Waals surface area contributed by atoms with Gasteiger partial charge >= 0.3 is 0 Å². The highest BCUT2D eigenvalue weighted by Crippen LogP contribution is 2.52. The second kappa shape index (κ2) is 5.80. The van der Waals surface area contributed by atoms with Crippen LogP contribution >= 0.6 is 11.6 Å². The van der Waals surface area contributed by atoms with Crippen molar-refractivity contribution < 1.29 is 9.50 Å². The van der Waals surface area contributed by atoms with Crippen molar-refractivity contribution in [2.45, 2.75) is 26.2 Å². The Hall–Kier alpha value is -1.61. The van der Waals surface area contributed by atoms with Gasteiger partial charge in [-0.3, -0.25) is 0 Å². The van der Waals surface area contributed by atoms with Crippen LogP contribution in [0.1, 0.15) is 30.4 Å². The SMILES string of the molecule is C=C/C(=C\N=C(C)Cl)C1CC1c1cc(C)c(F)c(O)c1. The van der Waals surface area contributed by atoms with Crippen LogP contribution in [0.3, 0.4) is 0 Å². The van der Waals surface area contributed by atoms with E-state index in [0.717, 1.165) is 17.6 Å². The lowest BCUT2D eigenvalue weighted by Gasteiger charge is -2.06. The van der Waals surface area contributed by atoms with Gasteiger partial charge in [-0.15, -0.1) is 0 Å². The first-order chi connectivity index (χ1) is 9.43. The van der Waals surface area contributed by atoms with E-state index >= 15 is 0 Å². The second-order valence-corrected chi connectivity index (χ2v) is 5.63. The van der Waals surface area contributed by atoms with Crippen molar-refractivity contribution >= 4 is 16.8 Å². The van der Waals surface area contributed by atoms with E-state index in [1.807, 2.05) is 0 Å². The molecule has 1 aromatic carbocycles. The molecule has 20 heavy (non-hydrogen) atoms. The summed E-state index contributed by atoms with van der Waals surface area (Å²) in [6.45, 7) is 7.15. The summed E-state index contributed by atoms with van der Waals surface area (Å²) < 4.78 is 13.4. The number of hydrogen-bond acceptors (Lipinski definition) is 2. The molecule has 1 aliphatic rings. The van der Waals surface area contributed by atoms with Crippen molar-refractivity contribution in [3.63, 3.8) is 0 Å². The Morgan fingerprint density at radius 3 is 2.80 bits per heavy atom. The van der Waals surface area contributed by atoms with E-state index in [2.05, 4.69) is 11.6 Å². The minimum atomic E-state index is -0.548. The highest BCUT2D eigenvalue weighted by atomic mass is 35.5.